The zero-order valence-electron chi connectivity index (χ0n) is 13.7. The molecule has 0 aliphatic carbocycles. The number of aryl methyl sites for hydroxylation is 2. The lowest BCUT2D eigenvalue weighted by atomic mass is 9.96. The van der Waals surface area contributed by atoms with E-state index in [2.05, 4.69) is 9.97 Å². The Morgan fingerprint density at radius 1 is 1.32 bits per heavy atom. The molecule has 1 aliphatic heterocycles. The van der Waals surface area contributed by atoms with Crippen molar-refractivity contribution in [1.29, 1.82) is 0 Å². The number of thioether (sulfide) groups is 1. The first-order chi connectivity index (χ1) is 12.1. The van der Waals surface area contributed by atoms with Gasteiger partial charge < -0.3 is 4.98 Å². The minimum Gasteiger partial charge on any atom is -0.361 e. The van der Waals surface area contributed by atoms with Gasteiger partial charge in [-0.15, -0.1) is 11.3 Å². The Morgan fingerprint density at radius 3 is 2.92 bits per heavy atom. The summed E-state index contributed by atoms with van der Waals surface area (Å²) in [4.78, 5) is 34.9. The molecule has 1 atom stereocenters. The second-order valence-electron chi connectivity index (χ2n) is 6.02. The van der Waals surface area contributed by atoms with Crippen molar-refractivity contribution in [3.63, 3.8) is 0 Å². The molecule has 2 aromatic heterocycles. The minimum absolute atomic E-state index is 0.103. The highest BCUT2D eigenvalue weighted by atomic mass is 32.2. The Labute approximate surface area is 153 Å². The number of carbonyl (C=O) groups excluding carboxylic acids is 2. The number of rotatable bonds is 5. The summed E-state index contributed by atoms with van der Waals surface area (Å²) in [6.45, 7) is 2.00. The highest BCUT2D eigenvalue weighted by Crippen LogP contribution is 2.36. The number of benzene rings is 1. The largest absolute Gasteiger partial charge is 0.361 e. The standard InChI is InChI=1S/C18H17N3O2S2/c1-11-16(25-10-20-11)6-5-15(21-17(22)9-24-18(21)23)13-3-2-4-14-12(13)7-8-19-14/h2-4,7-8,10,15,19H,5-6,9H2,1H3. The van der Waals surface area contributed by atoms with Gasteiger partial charge in [-0.25, -0.2) is 4.98 Å². The number of nitrogens with one attached hydrogen (secondary N) is 1. The number of amides is 2. The van der Waals surface area contributed by atoms with Crippen molar-refractivity contribution in [2.45, 2.75) is 25.8 Å². The Kier molecular flexibility index (Phi) is 4.35. The predicted octanol–water partition coefficient (Wildman–Crippen LogP) is 4.30. The van der Waals surface area contributed by atoms with Gasteiger partial charge in [0.1, 0.15) is 0 Å². The second kappa shape index (κ2) is 6.65. The molecule has 1 fully saturated rings. The molecule has 25 heavy (non-hydrogen) atoms. The quantitative estimate of drug-likeness (QED) is 0.726. The summed E-state index contributed by atoms with van der Waals surface area (Å²) < 4.78 is 0. The van der Waals surface area contributed by atoms with Crippen molar-refractivity contribution in [2.75, 3.05) is 5.75 Å². The summed E-state index contributed by atoms with van der Waals surface area (Å²) in [7, 11) is 0. The number of imide groups is 1. The van der Waals surface area contributed by atoms with E-state index in [0.717, 1.165) is 40.3 Å². The SMILES string of the molecule is Cc1ncsc1CCC(c1cccc2[nH]ccc12)N1C(=O)CSC1=O. The summed E-state index contributed by atoms with van der Waals surface area (Å²) in [5.74, 6) is 0.131. The molecule has 3 aromatic rings. The molecule has 3 heterocycles. The molecule has 0 bridgehead atoms. The summed E-state index contributed by atoms with van der Waals surface area (Å²) in [6, 6.07) is 7.75. The first kappa shape index (κ1) is 16.4. The van der Waals surface area contributed by atoms with Crippen LogP contribution in [0.4, 0.5) is 4.79 Å². The number of H-pyrrole nitrogens is 1. The maximum atomic E-state index is 12.4. The van der Waals surface area contributed by atoms with Gasteiger partial charge in [0.25, 0.3) is 5.24 Å². The van der Waals surface area contributed by atoms with Gasteiger partial charge in [0.2, 0.25) is 5.91 Å². The van der Waals surface area contributed by atoms with Crippen molar-refractivity contribution in [1.82, 2.24) is 14.9 Å². The van der Waals surface area contributed by atoms with E-state index in [4.69, 9.17) is 0 Å². The summed E-state index contributed by atoms with van der Waals surface area (Å²) in [5, 5.41) is 0.912. The van der Waals surface area contributed by atoms with Crippen LogP contribution in [-0.4, -0.2) is 31.8 Å². The summed E-state index contributed by atoms with van der Waals surface area (Å²) in [5.41, 5.74) is 4.90. The van der Waals surface area contributed by atoms with Gasteiger partial charge in [-0.3, -0.25) is 14.5 Å². The lowest BCUT2D eigenvalue weighted by Gasteiger charge is -2.26. The van der Waals surface area contributed by atoms with Crippen LogP contribution in [0.25, 0.3) is 10.9 Å². The zero-order valence-corrected chi connectivity index (χ0v) is 15.3. The van der Waals surface area contributed by atoms with Crippen molar-refractivity contribution in [3.8, 4) is 0 Å². The van der Waals surface area contributed by atoms with Crippen LogP contribution in [0.15, 0.2) is 36.0 Å². The van der Waals surface area contributed by atoms with E-state index < -0.39 is 0 Å². The average molecular weight is 371 g/mol. The molecule has 1 aliphatic rings. The normalized spacial score (nSPS) is 16.1. The smallest absolute Gasteiger partial charge is 0.289 e. The molecule has 1 aromatic carbocycles. The average Bonchev–Trinajstić information content (AvgIpc) is 3.31. The molecular formula is C18H17N3O2S2. The molecule has 2 amide bonds. The Bertz CT molecular complexity index is 931. The number of aromatic amines is 1. The highest BCUT2D eigenvalue weighted by Gasteiger charge is 2.37. The van der Waals surface area contributed by atoms with Crippen molar-refractivity contribution < 1.29 is 9.59 Å². The van der Waals surface area contributed by atoms with Crippen LogP contribution in [0.2, 0.25) is 0 Å². The summed E-state index contributed by atoms with van der Waals surface area (Å²) >= 11 is 2.72. The van der Waals surface area contributed by atoms with E-state index in [9.17, 15) is 9.59 Å². The number of aromatic nitrogens is 2. The van der Waals surface area contributed by atoms with Crippen molar-refractivity contribution in [3.05, 3.63) is 52.1 Å². The van der Waals surface area contributed by atoms with Gasteiger partial charge in [0.05, 0.1) is 23.0 Å². The molecule has 1 N–H and O–H groups in total. The number of fused-ring (bicyclic) bond motifs is 1. The molecule has 1 unspecified atom stereocenters. The Morgan fingerprint density at radius 2 is 2.20 bits per heavy atom. The van der Waals surface area contributed by atoms with Crippen LogP contribution in [-0.2, 0) is 11.2 Å². The fourth-order valence-corrected chi connectivity index (χ4v) is 4.87. The number of hydrogen-bond acceptors (Lipinski definition) is 5. The maximum absolute atomic E-state index is 12.4. The minimum atomic E-state index is -0.254. The highest BCUT2D eigenvalue weighted by molar-refractivity contribution is 8.14. The third-order valence-corrected chi connectivity index (χ3v) is 6.40. The van der Waals surface area contributed by atoms with E-state index in [0.29, 0.717) is 6.42 Å². The Hall–Kier alpha value is -2.12. The zero-order chi connectivity index (χ0) is 17.4. The molecule has 128 valence electrons. The monoisotopic (exact) mass is 371 g/mol. The number of hydrogen-bond donors (Lipinski definition) is 1. The fraction of sp³-hybridized carbons (Fsp3) is 0.278. The molecule has 7 heteroatoms. The van der Waals surface area contributed by atoms with Crippen LogP contribution in [0.3, 0.4) is 0 Å². The molecule has 0 spiro atoms. The van der Waals surface area contributed by atoms with Gasteiger partial charge in [0.15, 0.2) is 0 Å². The van der Waals surface area contributed by atoms with Crippen LogP contribution >= 0.6 is 23.1 Å². The molecule has 1 saturated heterocycles. The predicted molar refractivity (Wildman–Crippen MR) is 101 cm³/mol. The molecule has 0 saturated carbocycles. The van der Waals surface area contributed by atoms with E-state index in [1.54, 1.807) is 11.3 Å². The van der Waals surface area contributed by atoms with Crippen LogP contribution in [0, 0.1) is 6.92 Å². The second-order valence-corrected chi connectivity index (χ2v) is 7.89. The first-order valence-corrected chi connectivity index (χ1v) is 9.95. The van der Waals surface area contributed by atoms with Crippen molar-refractivity contribution >= 4 is 45.1 Å². The third kappa shape index (κ3) is 2.98. The number of thiazole rings is 1. The maximum Gasteiger partial charge on any atom is 0.289 e. The summed E-state index contributed by atoms with van der Waals surface area (Å²) in [6.07, 6.45) is 3.38. The molecule has 5 nitrogen and oxygen atoms in total. The third-order valence-electron chi connectivity index (χ3n) is 4.57. The van der Waals surface area contributed by atoms with Gasteiger partial charge in [-0.2, -0.15) is 0 Å². The molecule has 4 rings (SSSR count). The van der Waals surface area contributed by atoms with E-state index in [1.165, 1.54) is 9.78 Å². The lowest BCUT2D eigenvalue weighted by Crippen LogP contribution is -2.33. The number of carbonyl (C=O) groups is 2. The van der Waals surface area contributed by atoms with Crippen LogP contribution in [0.1, 0.15) is 28.6 Å². The van der Waals surface area contributed by atoms with Gasteiger partial charge in [0, 0.05) is 22.0 Å². The van der Waals surface area contributed by atoms with Gasteiger partial charge >= 0.3 is 0 Å². The van der Waals surface area contributed by atoms with Crippen molar-refractivity contribution in [2.24, 2.45) is 0 Å². The lowest BCUT2D eigenvalue weighted by molar-refractivity contribution is -0.126. The van der Waals surface area contributed by atoms with Crippen LogP contribution < -0.4 is 0 Å². The van der Waals surface area contributed by atoms with Gasteiger partial charge in [-0.1, -0.05) is 23.9 Å². The molecule has 0 radical (unpaired) electrons. The van der Waals surface area contributed by atoms with E-state index in [1.807, 2.05) is 42.9 Å². The van der Waals surface area contributed by atoms with Gasteiger partial charge in [-0.05, 0) is 37.5 Å². The molecular weight excluding hydrogens is 354 g/mol. The topological polar surface area (TPSA) is 66.1 Å². The van der Waals surface area contributed by atoms with E-state index >= 15 is 0 Å². The number of nitrogens with zero attached hydrogens (tertiary/aromatic N) is 2. The first-order valence-electron chi connectivity index (χ1n) is 8.09. The fourth-order valence-electron chi connectivity index (χ4n) is 3.32. The van der Waals surface area contributed by atoms with E-state index in [-0.39, 0.29) is 22.9 Å². The Balaban J connectivity index is 1.73. The van der Waals surface area contributed by atoms with Crippen LogP contribution in [0.5, 0.6) is 0 Å².